The van der Waals surface area contributed by atoms with E-state index in [2.05, 4.69) is 5.16 Å². The van der Waals surface area contributed by atoms with Crippen molar-refractivity contribution in [1.82, 2.24) is 5.16 Å². The summed E-state index contributed by atoms with van der Waals surface area (Å²) in [4.78, 5) is 12.0. The highest BCUT2D eigenvalue weighted by Gasteiger charge is 2.37. The number of sulfone groups is 1. The van der Waals surface area contributed by atoms with Crippen LogP contribution in [0.1, 0.15) is 45.9 Å². The minimum Gasteiger partial charge on any atom is -0.364 e. The van der Waals surface area contributed by atoms with Crippen LogP contribution in [-0.4, -0.2) is 19.4 Å². The molecule has 156 valence electrons. The number of rotatable bonds is 5. The molecule has 0 bridgehead atoms. The SMILES string of the molecule is O=C(c1ccc(C(F)(F)F)cc1S(=O)(=O)c1cccc(Cl)c1)c1conc1C1CC1. The van der Waals surface area contributed by atoms with Gasteiger partial charge in [0.2, 0.25) is 9.84 Å². The quantitative estimate of drug-likeness (QED) is 0.489. The van der Waals surface area contributed by atoms with Crippen molar-refractivity contribution in [1.29, 1.82) is 0 Å². The third kappa shape index (κ3) is 3.75. The van der Waals surface area contributed by atoms with Gasteiger partial charge in [-0.3, -0.25) is 4.79 Å². The fourth-order valence-electron chi connectivity index (χ4n) is 3.08. The Hall–Kier alpha value is -2.65. The number of benzene rings is 2. The second-order valence-corrected chi connectivity index (χ2v) is 9.24. The molecule has 0 aliphatic heterocycles. The van der Waals surface area contributed by atoms with E-state index in [-0.39, 0.29) is 21.4 Å². The lowest BCUT2D eigenvalue weighted by atomic mass is 10.0. The van der Waals surface area contributed by atoms with Crippen LogP contribution >= 0.6 is 11.6 Å². The molecule has 1 aliphatic rings. The van der Waals surface area contributed by atoms with Crippen molar-refractivity contribution in [3.63, 3.8) is 0 Å². The van der Waals surface area contributed by atoms with E-state index in [1.54, 1.807) is 0 Å². The number of hydrogen-bond donors (Lipinski definition) is 0. The minimum atomic E-state index is -4.80. The third-order valence-corrected chi connectivity index (χ3v) is 6.78. The average molecular weight is 456 g/mol. The summed E-state index contributed by atoms with van der Waals surface area (Å²) >= 11 is 5.86. The lowest BCUT2D eigenvalue weighted by Gasteiger charge is -2.14. The summed E-state index contributed by atoms with van der Waals surface area (Å²) in [7, 11) is -4.48. The molecule has 1 saturated carbocycles. The fraction of sp³-hybridized carbons (Fsp3) is 0.200. The number of aromatic nitrogens is 1. The summed E-state index contributed by atoms with van der Waals surface area (Å²) in [6.07, 6.45) is -2.11. The van der Waals surface area contributed by atoms with Crippen molar-refractivity contribution < 1.29 is 30.9 Å². The molecule has 10 heteroatoms. The highest BCUT2D eigenvalue weighted by atomic mass is 35.5. The highest BCUT2D eigenvalue weighted by Crippen LogP contribution is 2.42. The molecule has 0 atom stereocenters. The van der Waals surface area contributed by atoms with E-state index >= 15 is 0 Å². The first kappa shape index (κ1) is 20.6. The molecule has 30 heavy (non-hydrogen) atoms. The number of hydrogen-bond acceptors (Lipinski definition) is 5. The second kappa shape index (κ2) is 7.24. The second-order valence-electron chi connectivity index (χ2n) is 6.89. The molecule has 1 aliphatic carbocycles. The Morgan fingerprint density at radius 2 is 1.83 bits per heavy atom. The monoisotopic (exact) mass is 455 g/mol. The number of alkyl halides is 3. The lowest BCUT2D eigenvalue weighted by molar-refractivity contribution is -0.137. The maximum Gasteiger partial charge on any atom is 0.416 e. The summed E-state index contributed by atoms with van der Waals surface area (Å²) in [6.45, 7) is 0. The van der Waals surface area contributed by atoms with Gasteiger partial charge in [-0.05, 0) is 49.2 Å². The molecule has 0 saturated heterocycles. The molecular formula is C20H13ClF3NO4S. The summed E-state index contributed by atoms with van der Waals surface area (Å²) in [5, 5.41) is 3.89. The zero-order chi connectivity index (χ0) is 21.7. The fourth-order valence-corrected chi connectivity index (χ4v) is 4.86. The molecule has 0 radical (unpaired) electrons. The Morgan fingerprint density at radius 3 is 2.47 bits per heavy atom. The van der Waals surface area contributed by atoms with Crippen LogP contribution in [0.4, 0.5) is 13.2 Å². The number of halogens is 4. The van der Waals surface area contributed by atoms with Gasteiger partial charge in [0, 0.05) is 16.5 Å². The number of nitrogens with zero attached hydrogens (tertiary/aromatic N) is 1. The molecule has 0 N–H and O–H groups in total. The van der Waals surface area contributed by atoms with E-state index in [4.69, 9.17) is 16.1 Å². The van der Waals surface area contributed by atoms with Gasteiger partial charge in [-0.25, -0.2) is 8.42 Å². The van der Waals surface area contributed by atoms with Crippen LogP contribution in [0.3, 0.4) is 0 Å². The van der Waals surface area contributed by atoms with Gasteiger partial charge >= 0.3 is 6.18 Å². The van der Waals surface area contributed by atoms with E-state index in [9.17, 15) is 26.4 Å². The van der Waals surface area contributed by atoms with Gasteiger partial charge in [0.25, 0.3) is 0 Å². The predicted octanol–water partition coefficient (Wildman–Crippen LogP) is 5.29. The van der Waals surface area contributed by atoms with E-state index in [1.165, 1.54) is 18.2 Å². The van der Waals surface area contributed by atoms with Gasteiger partial charge in [0.05, 0.1) is 26.6 Å². The van der Waals surface area contributed by atoms with Gasteiger partial charge in [-0.15, -0.1) is 0 Å². The summed E-state index contributed by atoms with van der Waals surface area (Å²) in [5.74, 6) is -0.752. The first-order valence-corrected chi connectivity index (χ1v) is 10.7. The molecule has 2 aromatic carbocycles. The molecule has 1 heterocycles. The average Bonchev–Trinajstić information content (AvgIpc) is 3.42. The maximum absolute atomic E-state index is 13.3. The van der Waals surface area contributed by atoms with Crippen LogP contribution in [-0.2, 0) is 16.0 Å². The van der Waals surface area contributed by atoms with E-state index in [1.807, 2.05) is 0 Å². The van der Waals surface area contributed by atoms with Gasteiger partial charge in [0.15, 0.2) is 5.78 Å². The van der Waals surface area contributed by atoms with Crippen LogP contribution in [0.2, 0.25) is 5.02 Å². The van der Waals surface area contributed by atoms with E-state index < -0.39 is 37.8 Å². The van der Waals surface area contributed by atoms with Crippen LogP contribution in [0.25, 0.3) is 0 Å². The standard InChI is InChI=1S/C20H13ClF3NO4S/c21-13-2-1-3-14(9-13)30(27,28)17-8-12(20(22,23)24)6-7-15(17)19(26)16-10-29-25-18(16)11-4-5-11/h1-3,6-11H,4-5H2. The van der Waals surface area contributed by atoms with Gasteiger partial charge in [0.1, 0.15) is 6.26 Å². The summed E-state index contributed by atoms with van der Waals surface area (Å²) < 4.78 is 71.1. The van der Waals surface area contributed by atoms with Gasteiger partial charge in [-0.2, -0.15) is 13.2 Å². The zero-order valence-electron chi connectivity index (χ0n) is 15.1. The molecule has 0 spiro atoms. The van der Waals surface area contributed by atoms with Crippen molar-refractivity contribution in [2.75, 3.05) is 0 Å². The van der Waals surface area contributed by atoms with Crippen LogP contribution in [0.15, 0.2) is 63.0 Å². The molecule has 1 aromatic heterocycles. The molecule has 4 rings (SSSR count). The first-order valence-electron chi connectivity index (χ1n) is 8.80. The largest absolute Gasteiger partial charge is 0.416 e. The Balaban J connectivity index is 1.91. The first-order chi connectivity index (χ1) is 14.1. The van der Waals surface area contributed by atoms with Crippen LogP contribution < -0.4 is 0 Å². The molecule has 1 fully saturated rings. The van der Waals surface area contributed by atoms with Gasteiger partial charge < -0.3 is 4.52 Å². The predicted molar refractivity (Wildman–Crippen MR) is 100 cm³/mol. The normalized spacial score (nSPS) is 14.7. The van der Waals surface area contributed by atoms with Crippen molar-refractivity contribution in [3.8, 4) is 0 Å². The Labute approximate surface area is 174 Å². The summed E-state index contributed by atoms with van der Waals surface area (Å²) in [5.41, 5.74) is -1.16. The molecule has 0 amide bonds. The zero-order valence-corrected chi connectivity index (χ0v) is 16.7. The topological polar surface area (TPSA) is 77.2 Å². The van der Waals surface area contributed by atoms with Crippen molar-refractivity contribution in [2.45, 2.75) is 34.7 Å². The van der Waals surface area contributed by atoms with E-state index in [0.717, 1.165) is 31.2 Å². The Morgan fingerprint density at radius 1 is 1.10 bits per heavy atom. The van der Waals surface area contributed by atoms with Gasteiger partial charge in [-0.1, -0.05) is 22.8 Å². The Kier molecular flexibility index (Phi) is 4.98. The van der Waals surface area contributed by atoms with Crippen molar-refractivity contribution >= 4 is 27.2 Å². The summed E-state index contributed by atoms with van der Waals surface area (Å²) in [6, 6.07) is 7.10. The number of carbonyl (C=O) groups excluding carboxylic acids is 1. The van der Waals surface area contributed by atoms with Crippen molar-refractivity contribution in [2.24, 2.45) is 0 Å². The molecule has 5 nitrogen and oxygen atoms in total. The third-order valence-electron chi connectivity index (χ3n) is 4.76. The van der Waals surface area contributed by atoms with Crippen LogP contribution in [0.5, 0.6) is 0 Å². The molecule has 0 unspecified atom stereocenters. The smallest absolute Gasteiger partial charge is 0.364 e. The number of carbonyl (C=O) groups is 1. The highest BCUT2D eigenvalue weighted by molar-refractivity contribution is 7.91. The minimum absolute atomic E-state index is 0.0186. The van der Waals surface area contributed by atoms with Crippen LogP contribution in [0, 0.1) is 0 Å². The Bertz CT molecular complexity index is 1250. The number of ketones is 1. The van der Waals surface area contributed by atoms with Crippen molar-refractivity contribution in [3.05, 3.63) is 76.1 Å². The maximum atomic E-state index is 13.3. The lowest BCUT2D eigenvalue weighted by Crippen LogP contribution is -2.14. The van der Waals surface area contributed by atoms with E-state index in [0.29, 0.717) is 17.8 Å². The molecule has 3 aromatic rings. The molecular weight excluding hydrogens is 443 g/mol.